The van der Waals surface area contributed by atoms with Gasteiger partial charge in [-0.1, -0.05) is 58.4 Å². The van der Waals surface area contributed by atoms with Crippen LogP contribution in [0.25, 0.3) is 0 Å². The molecular formula is C22H19BrO3. The van der Waals surface area contributed by atoms with E-state index in [2.05, 4.69) is 46.3 Å². The second-order valence-corrected chi connectivity index (χ2v) is 6.94. The Bertz CT molecular complexity index is 874. The molecule has 26 heavy (non-hydrogen) atoms. The number of carboxylic acid groups (broad SMARTS) is 1. The lowest BCUT2D eigenvalue weighted by Gasteiger charge is -2.12. The van der Waals surface area contributed by atoms with Gasteiger partial charge in [0.25, 0.3) is 0 Å². The normalized spacial score (nSPS) is 10.5. The number of rotatable bonds is 7. The van der Waals surface area contributed by atoms with Gasteiger partial charge in [-0.25, -0.2) is 4.79 Å². The minimum atomic E-state index is -0.923. The summed E-state index contributed by atoms with van der Waals surface area (Å²) in [6.07, 6.45) is 1.83. The molecule has 3 aromatic rings. The summed E-state index contributed by atoms with van der Waals surface area (Å²) in [4.78, 5) is 10.9. The summed E-state index contributed by atoms with van der Waals surface area (Å²) in [7, 11) is 0. The van der Waals surface area contributed by atoms with Gasteiger partial charge in [0, 0.05) is 4.47 Å². The second-order valence-electron chi connectivity index (χ2n) is 6.03. The molecule has 0 aliphatic heterocycles. The third-order valence-corrected chi connectivity index (χ3v) is 4.64. The molecule has 0 heterocycles. The number of carboxylic acids is 1. The van der Waals surface area contributed by atoms with Gasteiger partial charge in [-0.3, -0.25) is 0 Å². The molecule has 3 aromatic carbocycles. The van der Waals surface area contributed by atoms with Crippen molar-refractivity contribution in [2.75, 3.05) is 0 Å². The zero-order valence-corrected chi connectivity index (χ0v) is 15.8. The molecule has 0 saturated carbocycles. The maximum Gasteiger partial charge on any atom is 0.335 e. The molecule has 4 heteroatoms. The number of ether oxygens (including phenoxy) is 1. The fraction of sp³-hybridized carbons (Fsp3) is 0.136. The van der Waals surface area contributed by atoms with Crippen LogP contribution in [0.5, 0.6) is 5.75 Å². The van der Waals surface area contributed by atoms with E-state index in [4.69, 9.17) is 9.84 Å². The zero-order valence-electron chi connectivity index (χ0n) is 14.2. The molecule has 0 atom stereocenters. The van der Waals surface area contributed by atoms with Crippen LogP contribution < -0.4 is 4.74 Å². The monoisotopic (exact) mass is 410 g/mol. The minimum absolute atomic E-state index is 0.279. The molecule has 3 rings (SSSR count). The molecule has 0 aliphatic carbocycles. The van der Waals surface area contributed by atoms with E-state index < -0.39 is 5.97 Å². The molecule has 0 radical (unpaired) electrons. The van der Waals surface area contributed by atoms with Crippen LogP contribution in [0.1, 0.15) is 27.0 Å². The Kier molecular flexibility index (Phi) is 6.08. The van der Waals surface area contributed by atoms with Gasteiger partial charge < -0.3 is 9.84 Å². The third kappa shape index (κ3) is 4.96. The molecule has 0 amide bonds. The van der Waals surface area contributed by atoms with Crippen molar-refractivity contribution in [1.29, 1.82) is 0 Å². The standard InChI is InChI=1S/C22H19BrO3/c23-20-12-13-21(19(14-20)11-6-16-4-2-1-3-5-16)26-15-17-7-9-18(10-8-17)22(24)25/h1-5,7-10,12-14H,6,11,15H2,(H,24,25). The first kappa shape index (κ1) is 18.2. The Morgan fingerprint density at radius 1 is 0.885 bits per heavy atom. The quantitative estimate of drug-likeness (QED) is 0.558. The van der Waals surface area contributed by atoms with Gasteiger partial charge >= 0.3 is 5.97 Å². The van der Waals surface area contributed by atoms with Crippen LogP contribution in [0.4, 0.5) is 0 Å². The van der Waals surface area contributed by atoms with Crippen molar-refractivity contribution < 1.29 is 14.6 Å². The highest BCUT2D eigenvalue weighted by atomic mass is 79.9. The van der Waals surface area contributed by atoms with Crippen LogP contribution in [0, 0.1) is 0 Å². The molecule has 0 aliphatic rings. The topological polar surface area (TPSA) is 46.5 Å². The average molecular weight is 411 g/mol. The van der Waals surface area contributed by atoms with Gasteiger partial charge in [-0.05, 0) is 59.9 Å². The largest absolute Gasteiger partial charge is 0.489 e. The number of aryl methyl sites for hydroxylation is 2. The van der Waals surface area contributed by atoms with Gasteiger partial charge in [0.1, 0.15) is 12.4 Å². The predicted octanol–water partition coefficient (Wildman–Crippen LogP) is 5.51. The van der Waals surface area contributed by atoms with Crippen molar-refractivity contribution in [3.05, 3.63) is 99.5 Å². The smallest absolute Gasteiger partial charge is 0.335 e. The van der Waals surface area contributed by atoms with Crippen molar-refractivity contribution in [3.63, 3.8) is 0 Å². The highest BCUT2D eigenvalue weighted by molar-refractivity contribution is 9.10. The molecular weight excluding hydrogens is 392 g/mol. The lowest BCUT2D eigenvalue weighted by molar-refractivity contribution is 0.0697. The fourth-order valence-corrected chi connectivity index (χ4v) is 3.12. The van der Waals surface area contributed by atoms with E-state index in [-0.39, 0.29) is 5.56 Å². The Labute approximate surface area is 161 Å². The lowest BCUT2D eigenvalue weighted by atomic mass is 10.0. The van der Waals surface area contributed by atoms with Crippen LogP contribution in [0.3, 0.4) is 0 Å². The van der Waals surface area contributed by atoms with E-state index in [1.807, 2.05) is 18.2 Å². The Morgan fingerprint density at radius 3 is 2.31 bits per heavy atom. The molecule has 0 spiro atoms. The third-order valence-electron chi connectivity index (χ3n) is 4.14. The average Bonchev–Trinajstić information content (AvgIpc) is 2.66. The Hall–Kier alpha value is -2.59. The number of hydrogen-bond acceptors (Lipinski definition) is 2. The maximum absolute atomic E-state index is 10.9. The number of benzene rings is 3. The number of carbonyl (C=O) groups is 1. The van der Waals surface area contributed by atoms with Crippen molar-refractivity contribution in [1.82, 2.24) is 0 Å². The SMILES string of the molecule is O=C(O)c1ccc(COc2ccc(Br)cc2CCc2ccccc2)cc1. The van der Waals surface area contributed by atoms with Crippen LogP contribution in [-0.4, -0.2) is 11.1 Å². The van der Waals surface area contributed by atoms with E-state index >= 15 is 0 Å². The summed E-state index contributed by atoms with van der Waals surface area (Å²) in [5, 5.41) is 8.96. The molecule has 0 fully saturated rings. The van der Waals surface area contributed by atoms with Gasteiger partial charge in [0.15, 0.2) is 0 Å². The van der Waals surface area contributed by atoms with Gasteiger partial charge in [-0.2, -0.15) is 0 Å². The van der Waals surface area contributed by atoms with Crippen molar-refractivity contribution in [3.8, 4) is 5.75 Å². The van der Waals surface area contributed by atoms with Gasteiger partial charge in [-0.15, -0.1) is 0 Å². The Morgan fingerprint density at radius 2 is 1.62 bits per heavy atom. The van der Waals surface area contributed by atoms with E-state index in [0.717, 1.165) is 34.2 Å². The van der Waals surface area contributed by atoms with Crippen LogP contribution in [0.15, 0.2) is 77.3 Å². The van der Waals surface area contributed by atoms with Gasteiger partial charge in [0.05, 0.1) is 5.56 Å². The molecule has 3 nitrogen and oxygen atoms in total. The molecule has 0 unspecified atom stereocenters. The summed E-state index contributed by atoms with van der Waals surface area (Å²) in [5.74, 6) is -0.0694. The van der Waals surface area contributed by atoms with Gasteiger partial charge in [0.2, 0.25) is 0 Å². The number of aromatic carboxylic acids is 1. The van der Waals surface area contributed by atoms with E-state index in [1.54, 1.807) is 24.3 Å². The molecule has 132 valence electrons. The van der Waals surface area contributed by atoms with Crippen LogP contribution in [-0.2, 0) is 19.4 Å². The molecule has 1 N–H and O–H groups in total. The van der Waals surface area contributed by atoms with Crippen LogP contribution >= 0.6 is 15.9 Å². The lowest BCUT2D eigenvalue weighted by Crippen LogP contribution is -2.01. The molecule has 0 bridgehead atoms. The summed E-state index contributed by atoms with van der Waals surface area (Å²) >= 11 is 3.53. The highest BCUT2D eigenvalue weighted by Crippen LogP contribution is 2.25. The Balaban J connectivity index is 1.68. The van der Waals surface area contributed by atoms with Crippen LogP contribution in [0.2, 0.25) is 0 Å². The van der Waals surface area contributed by atoms with E-state index in [0.29, 0.717) is 6.61 Å². The predicted molar refractivity (Wildman–Crippen MR) is 106 cm³/mol. The second kappa shape index (κ2) is 8.68. The number of halogens is 1. The molecule has 0 aromatic heterocycles. The summed E-state index contributed by atoms with van der Waals surface area (Å²) in [5.41, 5.74) is 3.65. The first-order valence-corrected chi connectivity index (χ1v) is 9.18. The minimum Gasteiger partial charge on any atom is -0.489 e. The summed E-state index contributed by atoms with van der Waals surface area (Å²) in [6, 6.07) is 23.2. The molecule has 0 saturated heterocycles. The fourth-order valence-electron chi connectivity index (χ4n) is 2.71. The van der Waals surface area contributed by atoms with Crippen molar-refractivity contribution in [2.24, 2.45) is 0 Å². The van der Waals surface area contributed by atoms with Crippen molar-refractivity contribution >= 4 is 21.9 Å². The maximum atomic E-state index is 10.9. The summed E-state index contributed by atoms with van der Waals surface area (Å²) < 4.78 is 7.03. The summed E-state index contributed by atoms with van der Waals surface area (Å²) in [6.45, 7) is 0.403. The first-order valence-electron chi connectivity index (χ1n) is 8.39. The zero-order chi connectivity index (χ0) is 18.4. The first-order chi connectivity index (χ1) is 12.6. The van der Waals surface area contributed by atoms with Crippen molar-refractivity contribution in [2.45, 2.75) is 19.4 Å². The van der Waals surface area contributed by atoms with E-state index in [9.17, 15) is 4.79 Å². The van der Waals surface area contributed by atoms with E-state index in [1.165, 1.54) is 5.56 Å². The highest BCUT2D eigenvalue weighted by Gasteiger charge is 2.07. The number of hydrogen-bond donors (Lipinski definition) is 1.